The molecule has 0 aromatic heterocycles. The van der Waals surface area contributed by atoms with Gasteiger partial charge in [0.15, 0.2) is 0 Å². The maximum Gasteiger partial charge on any atom is 0.0642 e. The molecule has 106 valence electrons. The summed E-state index contributed by atoms with van der Waals surface area (Å²) in [6.07, 6.45) is 0. The Balaban J connectivity index is 2.42. The van der Waals surface area contributed by atoms with Crippen LogP contribution in [0.15, 0.2) is 18.2 Å². The molecule has 0 saturated carbocycles. The average Bonchev–Trinajstić information content (AvgIpc) is 2.27. The van der Waals surface area contributed by atoms with Crippen molar-refractivity contribution in [2.24, 2.45) is 5.92 Å². The highest BCUT2D eigenvalue weighted by atomic mass is 35.5. The van der Waals surface area contributed by atoms with Crippen molar-refractivity contribution in [1.29, 1.82) is 0 Å². The van der Waals surface area contributed by atoms with Gasteiger partial charge in [0.05, 0.1) is 10.7 Å². The molecule has 1 atom stereocenters. The van der Waals surface area contributed by atoms with Crippen LogP contribution in [0.3, 0.4) is 0 Å². The van der Waals surface area contributed by atoms with Crippen LogP contribution in [0, 0.1) is 12.8 Å². The molecule has 0 bridgehead atoms. The third-order valence-electron chi connectivity index (χ3n) is 4.00. The number of anilines is 1. The van der Waals surface area contributed by atoms with Crippen molar-refractivity contribution in [3.8, 4) is 0 Å². The van der Waals surface area contributed by atoms with Crippen LogP contribution >= 0.6 is 11.6 Å². The molecule has 1 N–H and O–H groups in total. The first-order valence-corrected chi connectivity index (χ1v) is 7.46. The Morgan fingerprint density at radius 2 is 2.05 bits per heavy atom. The van der Waals surface area contributed by atoms with Gasteiger partial charge in [0.1, 0.15) is 0 Å². The van der Waals surface area contributed by atoms with Crippen LogP contribution in [0.2, 0.25) is 5.02 Å². The van der Waals surface area contributed by atoms with E-state index in [1.807, 2.05) is 12.1 Å². The number of nitrogens with zero attached hydrogens (tertiary/aromatic N) is 1. The number of halogens is 1. The zero-order chi connectivity index (χ0) is 14.2. The molecular weight excluding hydrogens is 256 g/mol. The van der Waals surface area contributed by atoms with Gasteiger partial charge in [0, 0.05) is 24.7 Å². The minimum Gasteiger partial charge on any atom is -0.364 e. The number of hydrogen-bond acceptors (Lipinski definition) is 2. The van der Waals surface area contributed by atoms with Gasteiger partial charge >= 0.3 is 0 Å². The van der Waals surface area contributed by atoms with Crippen molar-refractivity contribution in [3.63, 3.8) is 0 Å². The molecule has 0 radical (unpaired) electrons. The summed E-state index contributed by atoms with van der Waals surface area (Å²) >= 11 is 6.46. The van der Waals surface area contributed by atoms with Gasteiger partial charge in [-0.3, -0.25) is 0 Å². The molecule has 1 aliphatic heterocycles. The molecule has 0 aliphatic carbocycles. The zero-order valence-electron chi connectivity index (χ0n) is 12.6. The Morgan fingerprint density at radius 3 is 2.63 bits per heavy atom. The summed E-state index contributed by atoms with van der Waals surface area (Å²) in [4.78, 5) is 2.50. The molecule has 1 saturated heterocycles. The molecule has 1 heterocycles. The van der Waals surface area contributed by atoms with Crippen molar-refractivity contribution in [2.75, 3.05) is 18.0 Å². The van der Waals surface area contributed by atoms with E-state index in [9.17, 15) is 0 Å². The number of hydrogen-bond donors (Lipinski definition) is 1. The van der Waals surface area contributed by atoms with Gasteiger partial charge in [-0.1, -0.05) is 37.6 Å². The molecular formula is C16H25ClN2. The normalized spacial score (nSPS) is 22.9. The van der Waals surface area contributed by atoms with Crippen molar-refractivity contribution in [1.82, 2.24) is 5.32 Å². The fraction of sp³-hybridized carbons (Fsp3) is 0.625. The van der Waals surface area contributed by atoms with Crippen molar-refractivity contribution >= 4 is 17.3 Å². The van der Waals surface area contributed by atoms with Crippen molar-refractivity contribution in [2.45, 2.75) is 46.2 Å². The van der Waals surface area contributed by atoms with Crippen LogP contribution in [0.5, 0.6) is 0 Å². The van der Waals surface area contributed by atoms with E-state index in [-0.39, 0.29) is 5.54 Å². The SMILES string of the molecule is Cc1cccc(Cl)c1N1CC(C)(C)NCC1C(C)C. The summed E-state index contributed by atoms with van der Waals surface area (Å²) in [5.41, 5.74) is 2.59. The van der Waals surface area contributed by atoms with Crippen LogP contribution < -0.4 is 10.2 Å². The zero-order valence-corrected chi connectivity index (χ0v) is 13.4. The van der Waals surface area contributed by atoms with E-state index in [4.69, 9.17) is 11.6 Å². The van der Waals surface area contributed by atoms with E-state index in [1.54, 1.807) is 0 Å². The van der Waals surface area contributed by atoms with Gasteiger partial charge in [0.25, 0.3) is 0 Å². The quantitative estimate of drug-likeness (QED) is 0.885. The van der Waals surface area contributed by atoms with Crippen LogP contribution in [-0.2, 0) is 0 Å². The van der Waals surface area contributed by atoms with Gasteiger partial charge in [-0.05, 0) is 38.3 Å². The van der Waals surface area contributed by atoms with E-state index in [2.05, 4.69) is 50.9 Å². The molecule has 1 aromatic carbocycles. The Hall–Kier alpha value is -0.730. The summed E-state index contributed by atoms with van der Waals surface area (Å²) in [5.74, 6) is 0.597. The van der Waals surface area contributed by atoms with Crippen molar-refractivity contribution in [3.05, 3.63) is 28.8 Å². The molecule has 0 amide bonds. The minimum atomic E-state index is 0.122. The summed E-state index contributed by atoms with van der Waals surface area (Å²) in [5, 5.41) is 4.51. The summed E-state index contributed by atoms with van der Waals surface area (Å²) in [7, 11) is 0. The summed E-state index contributed by atoms with van der Waals surface area (Å²) in [6, 6.07) is 6.66. The minimum absolute atomic E-state index is 0.122. The first-order chi connectivity index (χ1) is 8.82. The number of benzene rings is 1. The highest BCUT2D eigenvalue weighted by molar-refractivity contribution is 6.33. The first kappa shape index (κ1) is 14.7. The molecule has 1 aromatic rings. The second-order valence-electron chi connectivity index (χ2n) is 6.61. The Morgan fingerprint density at radius 1 is 1.37 bits per heavy atom. The van der Waals surface area contributed by atoms with E-state index < -0.39 is 0 Å². The van der Waals surface area contributed by atoms with Gasteiger partial charge in [0.2, 0.25) is 0 Å². The standard InChI is InChI=1S/C16H25ClN2/c1-11(2)14-9-18-16(4,5)10-19(14)15-12(3)7-6-8-13(15)17/h6-8,11,14,18H,9-10H2,1-5H3. The first-order valence-electron chi connectivity index (χ1n) is 7.08. The molecule has 19 heavy (non-hydrogen) atoms. The monoisotopic (exact) mass is 280 g/mol. The lowest BCUT2D eigenvalue weighted by Crippen LogP contribution is -2.63. The number of nitrogens with one attached hydrogen (secondary N) is 1. The van der Waals surface area contributed by atoms with Crippen LogP contribution in [0.25, 0.3) is 0 Å². The Kier molecular flexibility index (Phi) is 4.12. The number of rotatable bonds is 2. The lowest BCUT2D eigenvalue weighted by molar-refractivity contribution is 0.277. The second kappa shape index (κ2) is 5.34. The summed E-state index contributed by atoms with van der Waals surface area (Å²) in [6.45, 7) is 13.2. The largest absolute Gasteiger partial charge is 0.364 e. The Labute approximate surface area is 122 Å². The Bertz CT molecular complexity index is 434. The lowest BCUT2D eigenvalue weighted by Gasteiger charge is -2.48. The molecule has 3 heteroatoms. The topological polar surface area (TPSA) is 15.3 Å². The predicted molar refractivity (Wildman–Crippen MR) is 84.2 cm³/mol. The third kappa shape index (κ3) is 3.06. The highest BCUT2D eigenvalue weighted by Gasteiger charge is 2.35. The van der Waals surface area contributed by atoms with Crippen LogP contribution in [0.1, 0.15) is 33.3 Å². The third-order valence-corrected chi connectivity index (χ3v) is 4.31. The van der Waals surface area contributed by atoms with Gasteiger partial charge in [-0.25, -0.2) is 0 Å². The number of para-hydroxylation sites is 1. The van der Waals surface area contributed by atoms with Gasteiger partial charge < -0.3 is 10.2 Å². The molecule has 1 fully saturated rings. The second-order valence-corrected chi connectivity index (χ2v) is 7.02. The smallest absolute Gasteiger partial charge is 0.0642 e. The van der Waals surface area contributed by atoms with Crippen LogP contribution in [-0.4, -0.2) is 24.7 Å². The lowest BCUT2D eigenvalue weighted by atomic mass is 9.92. The highest BCUT2D eigenvalue weighted by Crippen LogP contribution is 2.34. The summed E-state index contributed by atoms with van der Waals surface area (Å²) < 4.78 is 0. The fourth-order valence-electron chi connectivity index (χ4n) is 2.92. The van der Waals surface area contributed by atoms with E-state index in [1.165, 1.54) is 11.3 Å². The van der Waals surface area contributed by atoms with Gasteiger partial charge in [-0.2, -0.15) is 0 Å². The fourth-order valence-corrected chi connectivity index (χ4v) is 3.25. The number of piperazine rings is 1. The molecule has 1 aliphatic rings. The average molecular weight is 281 g/mol. The molecule has 2 rings (SSSR count). The van der Waals surface area contributed by atoms with E-state index in [0.29, 0.717) is 12.0 Å². The molecule has 1 unspecified atom stereocenters. The van der Waals surface area contributed by atoms with Crippen molar-refractivity contribution < 1.29 is 0 Å². The molecule has 0 spiro atoms. The van der Waals surface area contributed by atoms with E-state index in [0.717, 1.165) is 18.1 Å². The van der Waals surface area contributed by atoms with Crippen LogP contribution in [0.4, 0.5) is 5.69 Å². The predicted octanol–water partition coefficient (Wildman–Crippen LogP) is 3.86. The van der Waals surface area contributed by atoms with Gasteiger partial charge in [-0.15, -0.1) is 0 Å². The molecule has 2 nitrogen and oxygen atoms in total. The van der Waals surface area contributed by atoms with E-state index >= 15 is 0 Å². The maximum absolute atomic E-state index is 6.46. The maximum atomic E-state index is 6.46. The number of aryl methyl sites for hydroxylation is 1.